The van der Waals surface area contributed by atoms with Crippen LogP contribution in [-0.4, -0.2) is 59.9 Å². The SMILES string of the molecule is Cc1cc(CN2CCC3(c4ccccc4)CCC(N4CCOCC4)CC23)no1. The first-order chi connectivity index (χ1) is 13.7. The Bertz CT molecular complexity index is 786. The fourth-order valence-electron chi connectivity index (χ4n) is 5.90. The van der Waals surface area contributed by atoms with Crippen LogP contribution in [0.5, 0.6) is 0 Å². The Morgan fingerprint density at radius 3 is 2.68 bits per heavy atom. The summed E-state index contributed by atoms with van der Waals surface area (Å²) in [5, 5.41) is 4.28. The maximum Gasteiger partial charge on any atom is 0.133 e. The van der Waals surface area contributed by atoms with Gasteiger partial charge >= 0.3 is 0 Å². The van der Waals surface area contributed by atoms with Crippen molar-refractivity contribution < 1.29 is 9.26 Å². The highest BCUT2D eigenvalue weighted by Crippen LogP contribution is 2.50. The van der Waals surface area contributed by atoms with Gasteiger partial charge in [-0.1, -0.05) is 35.5 Å². The summed E-state index contributed by atoms with van der Waals surface area (Å²) in [6.07, 6.45) is 5.06. The van der Waals surface area contributed by atoms with E-state index >= 15 is 0 Å². The lowest BCUT2D eigenvalue weighted by molar-refractivity contribution is -0.00852. The number of aryl methyl sites for hydroxylation is 1. The molecular formula is C23H31N3O2. The highest BCUT2D eigenvalue weighted by atomic mass is 16.5. The van der Waals surface area contributed by atoms with Crippen molar-refractivity contribution in [1.82, 2.24) is 15.0 Å². The van der Waals surface area contributed by atoms with E-state index in [1.54, 1.807) is 0 Å². The van der Waals surface area contributed by atoms with Gasteiger partial charge in [-0.25, -0.2) is 0 Å². The Balaban J connectivity index is 1.42. The summed E-state index contributed by atoms with van der Waals surface area (Å²) < 4.78 is 10.9. The molecule has 0 amide bonds. The minimum absolute atomic E-state index is 0.281. The van der Waals surface area contributed by atoms with Crippen LogP contribution in [0.15, 0.2) is 40.9 Å². The zero-order chi connectivity index (χ0) is 19.0. The van der Waals surface area contributed by atoms with Gasteiger partial charge in [0.05, 0.1) is 18.9 Å². The molecule has 1 aromatic carbocycles. The monoisotopic (exact) mass is 381 g/mol. The highest BCUT2D eigenvalue weighted by Gasteiger charge is 2.52. The Hall–Kier alpha value is -1.69. The van der Waals surface area contributed by atoms with E-state index in [0.717, 1.165) is 50.8 Å². The average molecular weight is 382 g/mol. The van der Waals surface area contributed by atoms with Gasteiger partial charge in [0.1, 0.15) is 5.76 Å². The van der Waals surface area contributed by atoms with Crippen LogP contribution in [0, 0.1) is 6.92 Å². The number of aromatic nitrogens is 1. The van der Waals surface area contributed by atoms with Crippen molar-refractivity contribution >= 4 is 0 Å². The molecule has 5 rings (SSSR count). The Kier molecular flexibility index (Phi) is 4.99. The number of likely N-dealkylation sites (tertiary alicyclic amines) is 1. The molecule has 0 N–H and O–H groups in total. The second kappa shape index (κ2) is 7.62. The van der Waals surface area contributed by atoms with E-state index in [1.165, 1.54) is 31.2 Å². The third-order valence-corrected chi connectivity index (χ3v) is 7.30. The van der Waals surface area contributed by atoms with Crippen LogP contribution in [0.2, 0.25) is 0 Å². The minimum atomic E-state index is 0.281. The molecule has 2 aliphatic heterocycles. The van der Waals surface area contributed by atoms with E-state index in [-0.39, 0.29) is 5.41 Å². The maximum absolute atomic E-state index is 5.60. The Morgan fingerprint density at radius 1 is 1.11 bits per heavy atom. The molecule has 0 bridgehead atoms. The van der Waals surface area contributed by atoms with Crippen molar-refractivity contribution in [2.45, 2.75) is 56.7 Å². The molecule has 3 fully saturated rings. The summed E-state index contributed by atoms with van der Waals surface area (Å²) in [7, 11) is 0. The average Bonchev–Trinajstić information content (AvgIpc) is 3.33. The summed E-state index contributed by atoms with van der Waals surface area (Å²) >= 11 is 0. The summed E-state index contributed by atoms with van der Waals surface area (Å²) in [5.74, 6) is 0.901. The quantitative estimate of drug-likeness (QED) is 0.812. The van der Waals surface area contributed by atoms with Crippen LogP contribution < -0.4 is 0 Å². The molecule has 1 aliphatic carbocycles. The van der Waals surface area contributed by atoms with Gasteiger partial charge in [-0.2, -0.15) is 0 Å². The number of hydrogen-bond acceptors (Lipinski definition) is 5. The van der Waals surface area contributed by atoms with Gasteiger partial charge in [0.2, 0.25) is 0 Å². The maximum atomic E-state index is 5.60. The smallest absolute Gasteiger partial charge is 0.133 e. The molecule has 28 heavy (non-hydrogen) atoms. The first kappa shape index (κ1) is 18.3. The minimum Gasteiger partial charge on any atom is -0.379 e. The van der Waals surface area contributed by atoms with Crippen molar-refractivity contribution in [3.05, 3.63) is 53.4 Å². The molecule has 3 heterocycles. The number of benzene rings is 1. The summed E-state index contributed by atoms with van der Waals surface area (Å²) in [5.41, 5.74) is 2.87. The molecule has 2 saturated heterocycles. The normalized spacial score (nSPS) is 31.8. The molecule has 5 nitrogen and oxygen atoms in total. The number of hydrogen-bond donors (Lipinski definition) is 0. The van der Waals surface area contributed by atoms with Gasteiger partial charge in [-0.15, -0.1) is 0 Å². The van der Waals surface area contributed by atoms with E-state index < -0.39 is 0 Å². The molecule has 3 unspecified atom stereocenters. The standard InChI is InChI=1S/C23H31N3O2/c1-18-15-20(24-28-18)17-26-10-9-23(19-5-3-2-4-6-19)8-7-21(16-22(23)26)25-11-13-27-14-12-25/h2-6,15,21-22H,7-14,16-17H2,1H3. The van der Waals surface area contributed by atoms with Crippen molar-refractivity contribution in [3.8, 4) is 0 Å². The van der Waals surface area contributed by atoms with Crippen molar-refractivity contribution in [1.29, 1.82) is 0 Å². The van der Waals surface area contributed by atoms with Gasteiger partial charge in [-0.3, -0.25) is 9.80 Å². The molecule has 5 heteroatoms. The molecule has 1 aromatic heterocycles. The van der Waals surface area contributed by atoms with Gasteiger partial charge in [0, 0.05) is 43.2 Å². The van der Waals surface area contributed by atoms with Crippen LogP contribution in [-0.2, 0) is 16.7 Å². The van der Waals surface area contributed by atoms with Gasteiger partial charge in [0.15, 0.2) is 0 Å². The topological polar surface area (TPSA) is 41.7 Å². The van der Waals surface area contributed by atoms with Gasteiger partial charge in [-0.05, 0) is 44.7 Å². The van der Waals surface area contributed by atoms with Crippen molar-refractivity contribution in [2.75, 3.05) is 32.8 Å². The largest absolute Gasteiger partial charge is 0.379 e. The van der Waals surface area contributed by atoms with Crippen LogP contribution >= 0.6 is 0 Å². The molecule has 2 aromatic rings. The fraction of sp³-hybridized carbons (Fsp3) is 0.609. The van der Waals surface area contributed by atoms with E-state index in [1.807, 2.05) is 6.92 Å². The first-order valence-electron chi connectivity index (χ1n) is 10.8. The molecule has 3 atom stereocenters. The lowest BCUT2D eigenvalue weighted by Gasteiger charge is -2.48. The molecular weight excluding hydrogens is 350 g/mol. The second-order valence-electron chi connectivity index (χ2n) is 8.76. The van der Waals surface area contributed by atoms with Crippen molar-refractivity contribution in [3.63, 3.8) is 0 Å². The summed E-state index contributed by atoms with van der Waals surface area (Å²) in [6.45, 7) is 7.94. The molecule has 0 radical (unpaired) electrons. The lowest BCUT2D eigenvalue weighted by atomic mass is 9.64. The predicted octanol–water partition coefficient (Wildman–Crippen LogP) is 3.38. The van der Waals surface area contributed by atoms with Crippen LogP contribution in [0.1, 0.15) is 42.7 Å². The van der Waals surface area contributed by atoms with Crippen LogP contribution in [0.4, 0.5) is 0 Å². The van der Waals surface area contributed by atoms with E-state index in [0.29, 0.717) is 12.1 Å². The van der Waals surface area contributed by atoms with Crippen molar-refractivity contribution in [2.24, 2.45) is 0 Å². The number of nitrogens with zero attached hydrogens (tertiary/aromatic N) is 3. The third-order valence-electron chi connectivity index (χ3n) is 7.30. The van der Waals surface area contributed by atoms with E-state index in [9.17, 15) is 0 Å². The van der Waals surface area contributed by atoms with Gasteiger partial charge in [0.25, 0.3) is 0 Å². The van der Waals surface area contributed by atoms with E-state index in [4.69, 9.17) is 9.26 Å². The lowest BCUT2D eigenvalue weighted by Crippen LogP contribution is -2.54. The zero-order valence-electron chi connectivity index (χ0n) is 16.8. The number of rotatable bonds is 4. The first-order valence-corrected chi connectivity index (χ1v) is 10.8. The highest BCUT2D eigenvalue weighted by molar-refractivity contribution is 5.31. The predicted molar refractivity (Wildman–Crippen MR) is 108 cm³/mol. The zero-order valence-corrected chi connectivity index (χ0v) is 16.8. The van der Waals surface area contributed by atoms with Crippen LogP contribution in [0.3, 0.4) is 0 Å². The fourth-order valence-corrected chi connectivity index (χ4v) is 5.90. The molecule has 150 valence electrons. The molecule has 1 saturated carbocycles. The molecule has 0 spiro atoms. The number of morpholine rings is 1. The van der Waals surface area contributed by atoms with E-state index in [2.05, 4.69) is 51.4 Å². The number of fused-ring (bicyclic) bond motifs is 1. The third kappa shape index (κ3) is 3.30. The van der Waals surface area contributed by atoms with Crippen LogP contribution in [0.25, 0.3) is 0 Å². The second-order valence-corrected chi connectivity index (χ2v) is 8.76. The summed E-state index contributed by atoms with van der Waals surface area (Å²) in [4.78, 5) is 5.35. The summed E-state index contributed by atoms with van der Waals surface area (Å²) in [6, 6.07) is 14.6. The number of ether oxygens (including phenoxy) is 1. The Morgan fingerprint density at radius 2 is 1.93 bits per heavy atom. The molecule has 3 aliphatic rings. The van der Waals surface area contributed by atoms with Gasteiger partial charge < -0.3 is 9.26 Å². The Labute approximate surface area is 167 Å².